The molecule has 1 aliphatic carbocycles. The normalized spacial score (nSPS) is 16.4. The first-order chi connectivity index (χ1) is 16.6. The van der Waals surface area contributed by atoms with Crippen molar-refractivity contribution >= 4 is 27.0 Å². The van der Waals surface area contributed by atoms with Crippen LogP contribution in [0.2, 0.25) is 12.1 Å². The fourth-order valence-corrected chi connectivity index (χ4v) is 8.84. The Balaban J connectivity index is 0.000000199. The summed E-state index contributed by atoms with van der Waals surface area (Å²) >= 11 is 1.88. The van der Waals surface area contributed by atoms with Crippen molar-refractivity contribution in [2.75, 3.05) is 0 Å². The van der Waals surface area contributed by atoms with Crippen LogP contribution in [-0.4, -0.2) is 5.43 Å². The molecule has 184 valence electrons. The minimum atomic E-state index is 0.203. The molecule has 3 aromatic rings. The maximum absolute atomic E-state index is 2.99. The molecular formula is C33H44SiZr. The van der Waals surface area contributed by atoms with E-state index < -0.39 is 0 Å². The van der Waals surface area contributed by atoms with Gasteiger partial charge in [-0.3, -0.25) is 6.08 Å². The molecule has 0 spiro atoms. The van der Waals surface area contributed by atoms with Crippen LogP contribution < -0.4 is 0 Å². The summed E-state index contributed by atoms with van der Waals surface area (Å²) in [6, 6.07) is 19.4. The Bertz CT molecular complexity index is 1090. The van der Waals surface area contributed by atoms with E-state index in [1.807, 2.05) is 35.5 Å². The molecule has 0 unspecified atom stereocenters. The van der Waals surface area contributed by atoms with Gasteiger partial charge in [0.15, 0.2) is 0 Å². The Morgan fingerprint density at radius 3 is 1.60 bits per heavy atom. The zero-order valence-corrected chi connectivity index (χ0v) is 26.4. The van der Waals surface area contributed by atoms with Gasteiger partial charge in [-0.15, -0.1) is 46.2 Å². The van der Waals surface area contributed by atoms with Crippen LogP contribution in [-0.2, 0) is 34.2 Å². The Labute approximate surface area is 230 Å². The van der Waals surface area contributed by atoms with Crippen molar-refractivity contribution in [3.8, 4) is 0 Å². The number of rotatable bonds is 0. The van der Waals surface area contributed by atoms with Gasteiger partial charge in [0.05, 0.1) is 0 Å². The fraction of sp³-hybridized carbons (Fsp3) is 0.485. The van der Waals surface area contributed by atoms with Crippen LogP contribution in [0.3, 0.4) is 0 Å². The summed E-state index contributed by atoms with van der Waals surface area (Å²) < 4.78 is 0. The molecule has 0 atom stereocenters. The number of benzene rings is 2. The van der Waals surface area contributed by atoms with Crippen LogP contribution >= 0.6 is 0 Å². The van der Waals surface area contributed by atoms with E-state index in [0.29, 0.717) is 0 Å². The molecule has 1 heterocycles. The first-order valence-corrected chi connectivity index (χ1v) is 19.1. The number of allylic oxidation sites excluding steroid dienone is 4. The maximum atomic E-state index is 2.99. The van der Waals surface area contributed by atoms with Gasteiger partial charge >= 0.3 is 73.0 Å². The molecule has 1 fully saturated rings. The van der Waals surface area contributed by atoms with Gasteiger partial charge in [-0.2, -0.15) is 6.08 Å². The van der Waals surface area contributed by atoms with E-state index >= 15 is 0 Å². The number of hydrogen-bond donors (Lipinski definition) is 0. The molecule has 1 saturated heterocycles. The average Bonchev–Trinajstić information content (AvgIpc) is 3.46. The van der Waals surface area contributed by atoms with Gasteiger partial charge in [-0.25, -0.2) is 12.2 Å². The van der Waals surface area contributed by atoms with E-state index in [4.69, 9.17) is 0 Å². The van der Waals surface area contributed by atoms with Crippen molar-refractivity contribution in [1.29, 1.82) is 0 Å². The van der Waals surface area contributed by atoms with E-state index in [-0.39, 0.29) is 16.3 Å². The standard InChI is InChI=1S/C21H25.C7H14Si.C5H5.Zr/c1-20(2,3)16-7-9-18-14(12-16)11-15-13-17(21(4,5)6)8-10-19(15)18;1-2-4-6-8-7-5-3-1;1-2-4-5-3-1;/h7-13H,1-6H3;1-7H2;1-3H,4H2;/q-1;;-1;+2. The summed E-state index contributed by atoms with van der Waals surface area (Å²) in [4.78, 5) is 0. The topological polar surface area (TPSA) is 0 Å². The summed E-state index contributed by atoms with van der Waals surface area (Å²) in [5.74, 6) is 0. The summed E-state index contributed by atoms with van der Waals surface area (Å²) in [5.41, 5.74) is 3.45. The third kappa shape index (κ3) is 8.75. The van der Waals surface area contributed by atoms with Gasteiger partial charge in [0, 0.05) is 0 Å². The second kappa shape index (κ2) is 12.9. The predicted molar refractivity (Wildman–Crippen MR) is 154 cm³/mol. The molecule has 3 aromatic carbocycles. The monoisotopic (exact) mass is 558 g/mol. The molecule has 0 nitrogen and oxygen atoms in total. The van der Waals surface area contributed by atoms with E-state index in [9.17, 15) is 0 Å². The Kier molecular flexibility index (Phi) is 10.5. The van der Waals surface area contributed by atoms with Crippen LogP contribution in [0, 0.1) is 6.08 Å². The van der Waals surface area contributed by atoms with E-state index in [0.717, 1.165) is 6.42 Å². The third-order valence-electron chi connectivity index (χ3n) is 6.98. The molecule has 0 saturated carbocycles. The summed E-state index contributed by atoms with van der Waals surface area (Å²) in [6.07, 6.45) is 17.7. The summed E-state index contributed by atoms with van der Waals surface area (Å²) in [6.45, 7) is 13.6. The first kappa shape index (κ1) is 28.5. The first-order valence-electron chi connectivity index (χ1n) is 13.5. The van der Waals surface area contributed by atoms with Gasteiger partial charge in [-0.1, -0.05) is 76.9 Å². The quantitative estimate of drug-likeness (QED) is 0.190. The van der Waals surface area contributed by atoms with Crippen LogP contribution in [0.15, 0.2) is 60.7 Å². The van der Waals surface area contributed by atoms with Gasteiger partial charge in [0.25, 0.3) is 0 Å². The summed E-state index contributed by atoms with van der Waals surface area (Å²) in [5, 5.41) is 5.48. The van der Waals surface area contributed by atoms with Crippen molar-refractivity contribution in [2.24, 2.45) is 0 Å². The molecule has 0 radical (unpaired) electrons. The zero-order chi connectivity index (χ0) is 25.5. The Hall–Kier alpha value is -1.11. The SMILES string of the molecule is CC(C)(C)c1ccc2c(c1)[cH-]c1cc(C(C)(C)C)ccc12.[C-]1=CC=CC1.[Zr+2]=[Si]1CCCCCCC1. The molecule has 0 N–H and O–H groups in total. The molecule has 2 aliphatic rings. The van der Waals surface area contributed by atoms with Crippen molar-refractivity contribution < 1.29 is 23.3 Å². The second-order valence-electron chi connectivity index (χ2n) is 12.1. The summed E-state index contributed by atoms with van der Waals surface area (Å²) in [7, 11) is 0. The van der Waals surface area contributed by atoms with Gasteiger partial charge in [-0.05, 0) is 10.8 Å². The third-order valence-corrected chi connectivity index (χ3v) is 12.6. The van der Waals surface area contributed by atoms with Gasteiger partial charge in [0.2, 0.25) is 0 Å². The molecular weight excluding hydrogens is 516 g/mol. The van der Waals surface area contributed by atoms with Crippen molar-refractivity contribution in [3.63, 3.8) is 0 Å². The molecule has 35 heavy (non-hydrogen) atoms. The minimum absolute atomic E-state index is 0.203. The van der Waals surface area contributed by atoms with E-state index in [2.05, 4.69) is 96.2 Å². The Morgan fingerprint density at radius 2 is 1.23 bits per heavy atom. The van der Waals surface area contributed by atoms with Crippen LogP contribution in [0.5, 0.6) is 0 Å². The molecule has 1 aliphatic heterocycles. The average molecular weight is 560 g/mol. The molecule has 0 amide bonds. The predicted octanol–water partition coefficient (Wildman–Crippen LogP) is 10.1. The molecule has 0 bridgehead atoms. The van der Waals surface area contributed by atoms with Crippen molar-refractivity contribution in [3.05, 3.63) is 77.9 Å². The fourth-order valence-electron chi connectivity index (χ4n) is 4.63. The van der Waals surface area contributed by atoms with Gasteiger partial charge in [0.1, 0.15) is 0 Å². The van der Waals surface area contributed by atoms with E-state index in [1.54, 1.807) is 24.9 Å². The molecule has 2 heteroatoms. The van der Waals surface area contributed by atoms with Gasteiger partial charge < -0.3 is 0 Å². The number of hydrogen-bond acceptors (Lipinski definition) is 0. The van der Waals surface area contributed by atoms with Crippen LogP contribution in [0.4, 0.5) is 0 Å². The van der Waals surface area contributed by atoms with E-state index in [1.165, 1.54) is 51.9 Å². The van der Waals surface area contributed by atoms with Crippen LogP contribution in [0.1, 0.15) is 91.2 Å². The molecule has 5 rings (SSSR count). The molecule has 0 aromatic heterocycles. The van der Waals surface area contributed by atoms with Crippen molar-refractivity contribution in [1.82, 2.24) is 0 Å². The zero-order valence-electron chi connectivity index (χ0n) is 22.9. The van der Waals surface area contributed by atoms with Crippen LogP contribution in [0.25, 0.3) is 21.5 Å². The number of fused-ring (bicyclic) bond motifs is 3. The Morgan fingerprint density at radius 1 is 0.743 bits per heavy atom. The second-order valence-corrected chi connectivity index (χ2v) is 19.5. The van der Waals surface area contributed by atoms with Crippen molar-refractivity contribution in [2.45, 2.75) is 103 Å².